The Labute approximate surface area is 156 Å². The molecule has 1 saturated heterocycles. The van der Waals surface area contributed by atoms with Crippen molar-refractivity contribution in [2.75, 3.05) is 26.2 Å². The molecule has 3 heteroatoms. The summed E-state index contributed by atoms with van der Waals surface area (Å²) in [5.41, 5.74) is 2.26. The zero-order chi connectivity index (χ0) is 18.0. The molecule has 1 aliphatic rings. The van der Waals surface area contributed by atoms with Crippen LogP contribution in [0.15, 0.2) is 60.7 Å². The van der Waals surface area contributed by atoms with Crippen molar-refractivity contribution in [1.82, 2.24) is 4.90 Å². The molecule has 0 bridgehead atoms. The van der Waals surface area contributed by atoms with Crippen LogP contribution in [-0.2, 0) is 4.74 Å². The Morgan fingerprint density at radius 1 is 0.962 bits per heavy atom. The van der Waals surface area contributed by atoms with Gasteiger partial charge in [-0.25, -0.2) is 0 Å². The summed E-state index contributed by atoms with van der Waals surface area (Å²) in [6, 6.07) is 20.6. The minimum Gasteiger partial charge on any atom is -0.493 e. The highest BCUT2D eigenvalue weighted by Crippen LogP contribution is 2.20. The van der Waals surface area contributed by atoms with Gasteiger partial charge >= 0.3 is 0 Å². The molecular formula is C23H29NO2. The van der Waals surface area contributed by atoms with Gasteiger partial charge in [0.1, 0.15) is 5.76 Å². The molecule has 0 saturated carbocycles. The first-order chi connectivity index (χ1) is 12.8. The number of hydrogen-bond donors (Lipinski definition) is 1. The van der Waals surface area contributed by atoms with Crippen molar-refractivity contribution in [3.05, 3.63) is 71.8 Å². The van der Waals surface area contributed by atoms with E-state index in [4.69, 9.17) is 4.74 Å². The van der Waals surface area contributed by atoms with Crippen LogP contribution >= 0.6 is 0 Å². The topological polar surface area (TPSA) is 32.7 Å². The average molecular weight is 351 g/mol. The number of unbranched alkanes of at least 4 members (excludes halogenated alkanes) is 1. The Balaban J connectivity index is 1.50. The average Bonchev–Trinajstić information content (AvgIpc) is 2.70. The monoisotopic (exact) mass is 351 g/mol. The molecule has 0 amide bonds. The molecule has 2 aromatic carbocycles. The number of aliphatic hydroxyl groups excluding tert-OH is 1. The number of likely N-dealkylation sites (tertiary alicyclic amines) is 1. The van der Waals surface area contributed by atoms with E-state index >= 15 is 0 Å². The molecule has 0 aliphatic carbocycles. The van der Waals surface area contributed by atoms with Crippen LogP contribution < -0.4 is 0 Å². The summed E-state index contributed by atoms with van der Waals surface area (Å²) in [5, 5.41) is 9.57. The Morgan fingerprint density at radius 3 is 2.31 bits per heavy atom. The lowest BCUT2D eigenvalue weighted by molar-refractivity contribution is 0.0810. The van der Waals surface area contributed by atoms with Gasteiger partial charge < -0.3 is 14.7 Å². The lowest BCUT2D eigenvalue weighted by Crippen LogP contribution is -2.36. The number of ether oxygens (including phenoxy) is 1. The highest BCUT2D eigenvalue weighted by molar-refractivity contribution is 5.77. The number of aliphatic hydroxyl groups is 1. The lowest BCUT2D eigenvalue weighted by atomic mass is 10.1. The first-order valence-corrected chi connectivity index (χ1v) is 9.66. The largest absolute Gasteiger partial charge is 0.493 e. The van der Waals surface area contributed by atoms with Gasteiger partial charge in [0.25, 0.3) is 0 Å². The van der Waals surface area contributed by atoms with Crippen molar-refractivity contribution in [1.29, 1.82) is 0 Å². The van der Waals surface area contributed by atoms with E-state index in [-0.39, 0.29) is 6.10 Å². The Hall–Kier alpha value is -2.10. The molecule has 0 atom stereocenters. The maximum atomic E-state index is 9.57. The summed E-state index contributed by atoms with van der Waals surface area (Å²) in [4.78, 5) is 2.45. The van der Waals surface area contributed by atoms with Crippen LogP contribution in [-0.4, -0.2) is 42.4 Å². The van der Waals surface area contributed by atoms with Gasteiger partial charge in [0.15, 0.2) is 0 Å². The predicted octanol–water partition coefficient (Wildman–Crippen LogP) is 4.44. The molecule has 3 rings (SSSR count). The summed E-state index contributed by atoms with van der Waals surface area (Å²) in [6.07, 6.45) is 6.01. The molecule has 138 valence electrons. The van der Waals surface area contributed by atoms with E-state index in [1.807, 2.05) is 36.4 Å². The van der Waals surface area contributed by atoms with Crippen molar-refractivity contribution < 1.29 is 9.84 Å². The van der Waals surface area contributed by atoms with E-state index < -0.39 is 0 Å². The summed E-state index contributed by atoms with van der Waals surface area (Å²) in [5.74, 6) is 0.929. The van der Waals surface area contributed by atoms with Crippen LogP contribution in [0.1, 0.15) is 36.8 Å². The maximum absolute atomic E-state index is 9.57. The van der Waals surface area contributed by atoms with Crippen LogP contribution in [0.25, 0.3) is 11.8 Å². The Morgan fingerprint density at radius 2 is 1.62 bits per heavy atom. The number of rotatable bonds is 8. The van der Waals surface area contributed by atoms with Crippen molar-refractivity contribution >= 4 is 11.8 Å². The maximum Gasteiger partial charge on any atom is 0.127 e. The lowest BCUT2D eigenvalue weighted by Gasteiger charge is -2.29. The van der Waals surface area contributed by atoms with Crippen LogP contribution in [0.2, 0.25) is 0 Å². The van der Waals surface area contributed by atoms with E-state index in [0.717, 1.165) is 68.8 Å². The van der Waals surface area contributed by atoms with Crippen molar-refractivity contribution in [2.24, 2.45) is 0 Å². The summed E-state index contributed by atoms with van der Waals surface area (Å²) >= 11 is 0. The smallest absolute Gasteiger partial charge is 0.127 e. The fraction of sp³-hybridized carbons (Fsp3) is 0.391. The van der Waals surface area contributed by atoms with Gasteiger partial charge in [0, 0.05) is 18.7 Å². The molecule has 0 radical (unpaired) electrons. The zero-order valence-electron chi connectivity index (χ0n) is 15.4. The second kappa shape index (κ2) is 10.1. The van der Waals surface area contributed by atoms with E-state index in [2.05, 4.69) is 35.2 Å². The van der Waals surface area contributed by atoms with Gasteiger partial charge in [-0.05, 0) is 43.9 Å². The molecule has 1 N–H and O–H groups in total. The third kappa shape index (κ3) is 6.01. The molecule has 0 unspecified atom stereocenters. The molecule has 2 aromatic rings. The molecule has 1 aliphatic heterocycles. The fourth-order valence-electron chi connectivity index (χ4n) is 3.27. The molecule has 26 heavy (non-hydrogen) atoms. The molecule has 0 aromatic heterocycles. The second-order valence-corrected chi connectivity index (χ2v) is 6.91. The van der Waals surface area contributed by atoms with Gasteiger partial charge in [-0.1, -0.05) is 60.7 Å². The number of piperidine rings is 1. The number of hydrogen-bond acceptors (Lipinski definition) is 3. The van der Waals surface area contributed by atoms with Gasteiger partial charge in [-0.15, -0.1) is 0 Å². The third-order valence-electron chi connectivity index (χ3n) is 4.84. The Kier molecular flexibility index (Phi) is 7.29. The quantitative estimate of drug-likeness (QED) is 0.434. The minimum absolute atomic E-state index is 0.0915. The van der Waals surface area contributed by atoms with Crippen LogP contribution in [0.3, 0.4) is 0 Å². The molecular weight excluding hydrogens is 322 g/mol. The highest BCUT2D eigenvalue weighted by Gasteiger charge is 2.16. The second-order valence-electron chi connectivity index (χ2n) is 6.91. The standard InChI is InChI=1S/C23H29NO2/c25-22-13-16-24(17-14-22)15-7-8-18-26-23(21-11-5-2-6-12-21)19-20-9-3-1-4-10-20/h1-6,9-12,19,22,25H,7-8,13-18H2. The van der Waals surface area contributed by atoms with E-state index in [1.165, 1.54) is 0 Å². The van der Waals surface area contributed by atoms with E-state index in [0.29, 0.717) is 0 Å². The van der Waals surface area contributed by atoms with Gasteiger partial charge in [0.2, 0.25) is 0 Å². The predicted molar refractivity (Wildman–Crippen MR) is 108 cm³/mol. The summed E-state index contributed by atoms with van der Waals surface area (Å²) < 4.78 is 6.14. The van der Waals surface area contributed by atoms with Gasteiger partial charge in [-0.2, -0.15) is 0 Å². The summed E-state index contributed by atoms with van der Waals surface area (Å²) in [6.45, 7) is 3.86. The molecule has 0 spiro atoms. The number of benzene rings is 2. The SMILES string of the molecule is OC1CCN(CCCCOC(=Cc2ccccc2)c2ccccc2)CC1. The first-order valence-electron chi connectivity index (χ1n) is 9.66. The molecule has 1 fully saturated rings. The molecule has 3 nitrogen and oxygen atoms in total. The fourth-order valence-corrected chi connectivity index (χ4v) is 3.27. The summed E-state index contributed by atoms with van der Waals surface area (Å²) in [7, 11) is 0. The van der Waals surface area contributed by atoms with Crippen molar-refractivity contribution in [2.45, 2.75) is 31.8 Å². The normalized spacial score (nSPS) is 16.6. The van der Waals surface area contributed by atoms with Crippen LogP contribution in [0.4, 0.5) is 0 Å². The molecule has 1 heterocycles. The van der Waals surface area contributed by atoms with Gasteiger partial charge in [-0.3, -0.25) is 0 Å². The first kappa shape index (κ1) is 18.7. The highest BCUT2D eigenvalue weighted by atomic mass is 16.5. The van der Waals surface area contributed by atoms with Crippen LogP contribution in [0, 0.1) is 0 Å². The van der Waals surface area contributed by atoms with Crippen molar-refractivity contribution in [3.8, 4) is 0 Å². The van der Waals surface area contributed by atoms with E-state index in [9.17, 15) is 5.11 Å². The minimum atomic E-state index is -0.0915. The third-order valence-corrected chi connectivity index (χ3v) is 4.84. The van der Waals surface area contributed by atoms with Crippen molar-refractivity contribution in [3.63, 3.8) is 0 Å². The zero-order valence-corrected chi connectivity index (χ0v) is 15.4. The van der Waals surface area contributed by atoms with E-state index in [1.54, 1.807) is 0 Å². The van der Waals surface area contributed by atoms with Gasteiger partial charge in [0.05, 0.1) is 12.7 Å². The Bertz CT molecular complexity index is 661. The number of nitrogens with zero attached hydrogens (tertiary/aromatic N) is 1. The van der Waals surface area contributed by atoms with Crippen LogP contribution in [0.5, 0.6) is 0 Å².